The number of amides is 1. The van der Waals surface area contributed by atoms with E-state index >= 15 is 0 Å². The van der Waals surface area contributed by atoms with Gasteiger partial charge in [-0.25, -0.2) is 9.97 Å². The number of benzene rings is 1. The summed E-state index contributed by atoms with van der Waals surface area (Å²) in [4.78, 5) is 27.4. The highest BCUT2D eigenvalue weighted by atomic mass is 32.1. The zero-order valence-electron chi connectivity index (χ0n) is 15.8. The Morgan fingerprint density at radius 2 is 1.93 bits per heavy atom. The summed E-state index contributed by atoms with van der Waals surface area (Å²) in [6, 6.07) is 7.45. The van der Waals surface area contributed by atoms with Crippen LogP contribution in [0.3, 0.4) is 0 Å². The molecule has 0 radical (unpaired) electrons. The Morgan fingerprint density at radius 3 is 2.71 bits per heavy atom. The third-order valence-electron chi connectivity index (χ3n) is 4.36. The van der Waals surface area contributed by atoms with Crippen molar-refractivity contribution in [2.45, 2.75) is 20.8 Å². The number of aromatic amines is 1. The Bertz CT molecular complexity index is 1200. The molecular weight excluding hydrogens is 376 g/mol. The van der Waals surface area contributed by atoms with Crippen molar-refractivity contribution < 1.29 is 9.53 Å². The molecule has 0 spiro atoms. The number of fused-ring (bicyclic) bond motifs is 1. The molecule has 0 aliphatic heterocycles. The third-order valence-corrected chi connectivity index (χ3v) is 5.55. The van der Waals surface area contributed by atoms with Crippen molar-refractivity contribution >= 4 is 33.4 Å². The van der Waals surface area contributed by atoms with Gasteiger partial charge in [-0.15, -0.1) is 16.4 Å². The minimum absolute atomic E-state index is 0.196. The van der Waals surface area contributed by atoms with E-state index in [1.807, 2.05) is 45.0 Å². The maximum absolute atomic E-state index is 12.8. The largest absolute Gasteiger partial charge is 0.496 e. The van der Waals surface area contributed by atoms with Crippen LogP contribution >= 0.6 is 11.3 Å². The quantitative estimate of drug-likeness (QED) is 0.547. The van der Waals surface area contributed by atoms with Gasteiger partial charge in [0.15, 0.2) is 5.82 Å². The van der Waals surface area contributed by atoms with Gasteiger partial charge in [-0.3, -0.25) is 15.2 Å². The number of thiophene rings is 1. The summed E-state index contributed by atoms with van der Waals surface area (Å²) in [7, 11) is 1.59. The molecule has 142 valence electrons. The fourth-order valence-electron chi connectivity index (χ4n) is 3.13. The van der Waals surface area contributed by atoms with Crippen LogP contribution in [0.1, 0.15) is 26.8 Å². The molecule has 0 saturated heterocycles. The van der Waals surface area contributed by atoms with Crippen molar-refractivity contribution in [3.63, 3.8) is 0 Å². The van der Waals surface area contributed by atoms with Crippen molar-refractivity contribution in [2.24, 2.45) is 0 Å². The lowest BCUT2D eigenvalue weighted by Crippen LogP contribution is -2.12. The Labute approximate surface area is 165 Å². The number of rotatable bonds is 4. The highest BCUT2D eigenvalue weighted by Gasteiger charge is 2.20. The van der Waals surface area contributed by atoms with Gasteiger partial charge >= 0.3 is 0 Å². The molecule has 0 bridgehead atoms. The average molecular weight is 394 g/mol. The van der Waals surface area contributed by atoms with Crippen LogP contribution in [0.15, 0.2) is 24.3 Å². The highest BCUT2D eigenvalue weighted by molar-refractivity contribution is 7.20. The second kappa shape index (κ2) is 7.01. The van der Waals surface area contributed by atoms with Gasteiger partial charge in [0.1, 0.15) is 16.4 Å². The van der Waals surface area contributed by atoms with Crippen LogP contribution in [0, 0.1) is 20.8 Å². The normalized spacial score (nSPS) is 11.0. The lowest BCUT2D eigenvalue weighted by Gasteiger charge is -2.04. The van der Waals surface area contributed by atoms with Crippen LogP contribution in [0.25, 0.3) is 21.6 Å². The number of nitrogens with zero attached hydrogens (tertiary/aromatic N) is 4. The van der Waals surface area contributed by atoms with Crippen molar-refractivity contribution in [1.82, 2.24) is 25.1 Å². The first-order valence-electron chi connectivity index (χ1n) is 8.59. The number of methoxy groups -OCH3 is 1. The minimum atomic E-state index is -0.275. The van der Waals surface area contributed by atoms with Gasteiger partial charge in [-0.05, 0) is 38.5 Å². The Morgan fingerprint density at radius 1 is 1.14 bits per heavy atom. The van der Waals surface area contributed by atoms with Crippen molar-refractivity contribution in [2.75, 3.05) is 12.4 Å². The van der Waals surface area contributed by atoms with E-state index in [0.717, 1.165) is 27.0 Å². The maximum Gasteiger partial charge on any atom is 0.268 e. The molecule has 0 saturated carbocycles. The molecule has 28 heavy (non-hydrogen) atoms. The third kappa shape index (κ3) is 3.09. The van der Waals surface area contributed by atoms with E-state index in [1.165, 1.54) is 11.3 Å². The number of para-hydroxylation sites is 1. The van der Waals surface area contributed by atoms with Crippen LogP contribution in [0.5, 0.6) is 5.75 Å². The van der Waals surface area contributed by atoms with Gasteiger partial charge in [0, 0.05) is 11.1 Å². The van der Waals surface area contributed by atoms with E-state index in [9.17, 15) is 4.79 Å². The molecule has 3 aromatic heterocycles. The van der Waals surface area contributed by atoms with Crippen molar-refractivity contribution in [3.05, 3.63) is 46.2 Å². The monoisotopic (exact) mass is 394 g/mol. The molecule has 8 nitrogen and oxygen atoms in total. The number of carbonyl (C=O) groups is 1. The van der Waals surface area contributed by atoms with Crippen LogP contribution < -0.4 is 10.1 Å². The van der Waals surface area contributed by atoms with E-state index in [1.54, 1.807) is 7.11 Å². The number of hydrogen-bond acceptors (Lipinski definition) is 7. The standard InChI is InChI=1S/C19H18N6O2S/c1-9-14-10(2)20-11(3)21-18(14)28-15(9)17(26)23-19-22-16(24-25-19)12-7-5-6-8-13(12)27-4/h5-8H,1-4H3,(H2,22,23,24,25,26). The van der Waals surface area contributed by atoms with Gasteiger partial charge in [0.25, 0.3) is 5.91 Å². The number of aromatic nitrogens is 5. The molecule has 9 heteroatoms. The van der Waals surface area contributed by atoms with Crippen molar-refractivity contribution in [3.8, 4) is 17.1 Å². The van der Waals surface area contributed by atoms with E-state index in [2.05, 4.69) is 30.5 Å². The summed E-state index contributed by atoms with van der Waals surface area (Å²) >= 11 is 1.34. The predicted octanol–water partition coefficient (Wildman–Crippen LogP) is 3.66. The Balaban J connectivity index is 1.63. The van der Waals surface area contributed by atoms with E-state index in [4.69, 9.17) is 4.74 Å². The number of carbonyl (C=O) groups excluding carboxylic acids is 1. The predicted molar refractivity (Wildman–Crippen MR) is 108 cm³/mol. The van der Waals surface area contributed by atoms with Gasteiger partial charge in [-0.2, -0.15) is 4.98 Å². The zero-order chi connectivity index (χ0) is 19.8. The summed E-state index contributed by atoms with van der Waals surface area (Å²) in [5.74, 6) is 1.79. The number of aryl methyl sites for hydroxylation is 3. The molecule has 4 rings (SSSR count). The van der Waals surface area contributed by atoms with Gasteiger partial charge in [0.2, 0.25) is 5.95 Å². The summed E-state index contributed by atoms with van der Waals surface area (Å²) in [6.45, 7) is 5.67. The van der Waals surface area contributed by atoms with E-state index in [0.29, 0.717) is 22.3 Å². The first-order valence-corrected chi connectivity index (χ1v) is 9.41. The van der Waals surface area contributed by atoms with Crippen LogP contribution in [-0.4, -0.2) is 38.2 Å². The Kier molecular flexibility index (Phi) is 4.52. The maximum atomic E-state index is 12.8. The molecule has 0 fully saturated rings. The van der Waals surface area contributed by atoms with Gasteiger partial charge in [0.05, 0.1) is 17.6 Å². The van der Waals surface area contributed by atoms with Crippen LogP contribution in [0.2, 0.25) is 0 Å². The van der Waals surface area contributed by atoms with Crippen LogP contribution in [-0.2, 0) is 0 Å². The van der Waals surface area contributed by atoms with Crippen molar-refractivity contribution in [1.29, 1.82) is 0 Å². The second-order valence-electron chi connectivity index (χ2n) is 6.25. The molecule has 0 aliphatic carbocycles. The molecule has 1 aromatic carbocycles. The lowest BCUT2D eigenvalue weighted by atomic mass is 10.1. The van der Waals surface area contributed by atoms with Gasteiger partial charge in [-0.1, -0.05) is 12.1 Å². The molecule has 4 aromatic rings. The molecule has 0 atom stereocenters. The minimum Gasteiger partial charge on any atom is -0.496 e. The zero-order valence-corrected chi connectivity index (χ0v) is 16.6. The number of ether oxygens (including phenoxy) is 1. The molecule has 2 N–H and O–H groups in total. The molecule has 0 unspecified atom stereocenters. The second-order valence-corrected chi connectivity index (χ2v) is 7.25. The highest BCUT2D eigenvalue weighted by Crippen LogP contribution is 2.32. The van der Waals surface area contributed by atoms with E-state index < -0.39 is 0 Å². The molecular formula is C19H18N6O2S. The van der Waals surface area contributed by atoms with E-state index in [-0.39, 0.29) is 11.9 Å². The summed E-state index contributed by atoms with van der Waals surface area (Å²) in [6.07, 6.45) is 0. The van der Waals surface area contributed by atoms with Gasteiger partial charge < -0.3 is 4.74 Å². The fraction of sp³-hybridized carbons (Fsp3) is 0.211. The topological polar surface area (TPSA) is 106 Å². The first kappa shape index (κ1) is 18.1. The molecule has 0 aliphatic rings. The smallest absolute Gasteiger partial charge is 0.268 e. The first-order chi connectivity index (χ1) is 13.5. The number of hydrogen-bond donors (Lipinski definition) is 2. The molecule has 1 amide bonds. The average Bonchev–Trinajstić information content (AvgIpc) is 3.26. The number of H-pyrrole nitrogens is 1. The number of nitrogens with one attached hydrogen (secondary N) is 2. The lowest BCUT2D eigenvalue weighted by molar-refractivity contribution is 0.102. The molecule has 3 heterocycles. The van der Waals surface area contributed by atoms with Crippen LogP contribution in [0.4, 0.5) is 5.95 Å². The number of anilines is 1. The Hall–Kier alpha value is -3.33. The summed E-state index contributed by atoms with van der Waals surface area (Å²) in [5, 5.41) is 10.6. The summed E-state index contributed by atoms with van der Waals surface area (Å²) in [5.41, 5.74) is 2.49. The SMILES string of the molecule is COc1ccccc1-c1nc(NC(=O)c2sc3nc(C)nc(C)c3c2C)n[nH]1. The summed E-state index contributed by atoms with van der Waals surface area (Å²) < 4.78 is 5.34. The fourth-order valence-corrected chi connectivity index (χ4v) is 4.30.